The van der Waals surface area contributed by atoms with Crippen molar-refractivity contribution in [1.82, 2.24) is 25.7 Å². The van der Waals surface area contributed by atoms with Gasteiger partial charge >= 0.3 is 0 Å². The van der Waals surface area contributed by atoms with Crippen LogP contribution >= 0.6 is 11.6 Å². The molecule has 0 aliphatic heterocycles. The summed E-state index contributed by atoms with van der Waals surface area (Å²) in [5.41, 5.74) is 8.29. The van der Waals surface area contributed by atoms with Crippen molar-refractivity contribution in [2.45, 2.75) is 18.0 Å². The minimum absolute atomic E-state index is 0.116. The summed E-state index contributed by atoms with van der Waals surface area (Å²) in [7, 11) is -3.32. The molecule has 0 bridgehead atoms. The number of pyridine rings is 1. The Kier molecular flexibility index (Phi) is 6.16. The number of H-pyrrole nitrogens is 1. The number of halogens is 1. The SMILES string of the molecule is CS(=O)(=O)c1cccc(CNC(=O)c2ccc(COc3cc(N)nc4[nH]nnc34)c(Cl)c2)c1. The van der Waals surface area contributed by atoms with Gasteiger partial charge in [-0.05, 0) is 29.8 Å². The quantitative estimate of drug-likeness (QED) is 0.360. The van der Waals surface area contributed by atoms with Crippen LogP contribution in [0.4, 0.5) is 5.82 Å². The maximum Gasteiger partial charge on any atom is 0.251 e. The van der Waals surface area contributed by atoms with Crippen molar-refractivity contribution in [2.24, 2.45) is 0 Å². The molecule has 0 radical (unpaired) electrons. The molecule has 33 heavy (non-hydrogen) atoms. The van der Waals surface area contributed by atoms with Gasteiger partial charge in [-0.25, -0.2) is 18.5 Å². The summed E-state index contributed by atoms with van der Waals surface area (Å²) in [6, 6.07) is 12.8. The zero-order valence-electron chi connectivity index (χ0n) is 17.4. The van der Waals surface area contributed by atoms with Gasteiger partial charge in [-0.1, -0.05) is 35.0 Å². The average Bonchev–Trinajstić information content (AvgIpc) is 3.24. The van der Waals surface area contributed by atoms with Gasteiger partial charge in [-0.15, -0.1) is 5.10 Å². The third kappa shape index (κ3) is 5.21. The number of nitrogens with one attached hydrogen (secondary N) is 2. The van der Waals surface area contributed by atoms with Crippen LogP contribution < -0.4 is 15.8 Å². The first kappa shape index (κ1) is 22.5. The second-order valence-corrected chi connectivity index (χ2v) is 9.67. The molecule has 0 aliphatic rings. The van der Waals surface area contributed by atoms with Crippen molar-refractivity contribution in [3.63, 3.8) is 0 Å². The van der Waals surface area contributed by atoms with E-state index in [9.17, 15) is 13.2 Å². The van der Waals surface area contributed by atoms with Crippen molar-refractivity contribution >= 4 is 44.3 Å². The molecule has 1 amide bonds. The normalized spacial score (nSPS) is 11.5. The molecule has 170 valence electrons. The van der Waals surface area contributed by atoms with E-state index in [-0.39, 0.29) is 29.8 Å². The Morgan fingerprint density at radius 1 is 1.21 bits per heavy atom. The van der Waals surface area contributed by atoms with Crippen LogP contribution in [0.25, 0.3) is 11.2 Å². The molecule has 0 saturated carbocycles. The molecular weight excluding hydrogens is 468 g/mol. The lowest BCUT2D eigenvalue weighted by molar-refractivity contribution is 0.0951. The van der Waals surface area contributed by atoms with E-state index in [0.717, 1.165) is 6.26 Å². The zero-order chi connectivity index (χ0) is 23.6. The monoisotopic (exact) mass is 486 g/mol. The first-order valence-electron chi connectivity index (χ1n) is 9.66. The molecule has 0 atom stereocenters. The number of fused-ring (bicyclic) bond motifs is 1. The summed E-state index contributed by atoms with van der Waals surface area (Å²) in [6.07, 6.45) is 1.13. The number of carbonyl (C=O) groups excluding carboxylic acids is 1. The molecular formula is C21H19ClN6O4S. The smallest absolute Gasteiger partial charge is 0.251 e. The molecule has 4 N–H and O–H groups in total. The topological polar surface area (TPSA) is 153 Å². The highest BCUT2D eigenvalue weighted by Crippen LogP contribution is 2.26. The van der Waals surface area contributed by atoms with Gasteiger partial charge in [0.25, 0.3) is 5.91 Å². The Bertz CT molecular complexity index is 1450. The Morgan fingerprint density at radius 2 is 2.03 bits per heavy atom. The van der Waals surface area contributed by atoms with Gasteiger partial charge < -0.3 is 15.8 Å². The van der Waals surface area contributed by atoms with Crippen LogP contribution in [-0.2, 0) is 23.0 Å². The fraction of sp³-hybridized carbons (Fsp3) is 0.143. The molecule has 4 rings (SSSR count). The number of aromatic nitrogens is 4. The Balaban J connectivity index is 1.42. The number of amides is 1. The molecule has 10 nitrogen and oxygen atoms in total. The number of hydrogen-bond acceptors (Lipinski definition) is 8. The van der Waals surface area contributed by atoms with Gasteiger partial charge in [-0.2, -0.15) is 0 Å². The van der Waals surface area contributed by atoms with Gasteiger partial charge in [0.05, 0.1) is 4.90 Å². The summed E-state index contributed by atoms with van der Waals surface area (Å²) in [4.78, 5) is 16.8. The standard InChI is InChI=1S/C21H19ClN6O4S/c1-33(30,31)15-4-2-3-12(7-15)10-24-21(29)13-5-6-14(16(22)8-13)11-32-17-9-18(23)25-20-19(17)26-28-27-20/h2-9H,10-11H2,1H3,(H,24,29)(H3,23,25,26,27,28). The van der Waals surface area contributed by atoms with Crippen molar-refractivity contribution in [3.8, 4) is 5.75 Å². The highest BCUT2D eigenvalue weighted by Gasteiger charge is 2.13. The maximum absolute atomic E-state index is 12.5. The molecule has 0 unspecified atom stereocenters. The summed E-state index contributed by atoms with van der Waals surface area (Å²) >= 11 is 6.36. The van der Waals surface area contributed by atoms with Crippen LogP contribution in [-0.4, -0.2) is 41.0 Å². The van der Waals surface area contributed by atoms with Crippen LogP contribution in [0, 0.1) is 0 Å². The molecule has 4 aromatic rings. The maximum atomic E-state index is 12.5. The van der Waals surface area contributed by atoms with E-state index < -0.39 is 9.84 Å². The van der Waals surface area contributed by atoms with E-state index in [2.05, 4.69) is 25.7 Å². The minimum Gasteiger partial charge on any atom is -0.486 e. The number of ether oxygens (including phenoxy) is 1. The fourth-order valence-corrected chi connectivity index (χ4v) is 4.00. The molecule has 2 aromatic carbocycles. The number of anilines is 1. The highest BCUT2D eigenvalue weighted by atomic mass is 35.5. The highest BCUT2D eigenvalue weighted by molar-refractivity contribution is 7.90. The predicted octanol–water partition coefficient (Wildman–Crippen LogP) is 2.50. The summed E-state index contributed by atoms with van der Waals surface area (Å²) in [5, 5.41) is 13.4. The van der Waals surface area contributed by atoms with E-state index >= 15 is 0 Å². The number of benzene rings is 2. The van der Waals surface area contributed by atoms with Crippen molar-refractivity contribution in [3.05, 3.63) is 70.2 Å². The second-order valence-electron chi connectivity index (χ2n) is 7.25. The van der Waals surface area contributed by atoms with Gasteiger partial charge in [0.2, 0.25) is 0 Å². The van der Waals surface area contributed by atoms with E-state index in [1.807, 2.05) is 0 Å². The van der Waals surface area contributed by atoms with Crippen molar-refractivity contribution in [2.75, 3.05) is 12.0 Å². The number of carbonyl (C=O) groups is 1. The van der Waals surface area contributed by atoms with E-state index in [4.69, 9.17) is 22.1 Å². The van der Waals surface area contributed by atoms with Gasteiger partial charge in [0.15, 0.2) is 26.8 Å². The molecule has 2 heterocycles. The van der Waals surface area contributed by atoms with Crippen molar-refractivity contribution in [1.29, 1.82) is 0 Å². The molecule has 0 fully saturated rings. The number of nitrogens with two attached hydrogens (primary N) is 1. The molecule has 0 spiro atoms. The number of nitrogen functional groups attached to an aromatic ring is 1. The third-order valence-corrected chi connectivity index (χ3v) is 6.22. The first-order valence-corrected chi connectivity index (χ1v) is 11.9. The second kappa shape index (κ2) is 9.04. The summed E-state index contributed by atoms with van der Waals surface area (Å²) in [5.74, 6) is 0.310. The van der Waals surface area contributed by atoms with Gasteiger partial charge in [0.1, 0.15) is 12.4 Å². The van der Waals surface area contributed by atoms with Crippen LogP contribution in [0.3, 0.4) is 0 Å². The van der Waals surface area contributed by atoms with E-state index in [0.29, 0.717) is 38.6 Å². The number of sulfone groups is 1. The minimum atomic E-state index is -3.32. The van der Waals surface area contributed by atoms with E-state index in [1.54, 1.807) is 30.3 Å². The van der Waals surface area contributed by atoms with Crippen LogP contribution in [0.1, 0.15) is 21.5 Å². The van der Waals surface area contributed by atoms with Crippen LogP contribution in [0.2, 0.25) is 5.02 Å². The number of rotatable bonds is 7. The lowest BCUT2D eigenvalue weighted by Crippen LogP contribution is -2.23. The molecule has 0 saturated heterocycles. The fourth-order valence-electron chi connectivity index (χ4n) is 3.07. The number of nitrogens with zero attached hydrogens (tertiary/aromatic N) is 3. The lowest BCUT2D eigenvalue weighted by Gasteiger charge is -2.11. The molecule has 12 heteroatoms. The Labute approximate surface area is 194 Å². The lowest BCUT2D eigenvalue weighted by atomic mass is 10.1. The largest absolute Gasteiger partial charge is 0.486 e. The first-order chi connectivity index (χ1) is 15.7. The number of aromatic amines is 1. The molecule has 0 aliphatic carbocycles. The molecule has 2 aromatic heterocycles. The van der Waals surface area contributed by atoms with Gasteiger partial charge in [-0.3, -0.25) is 4.79 Å². The predicted molar refractivity (Wildman–Crippen MR) is 123 cm³/mol. The summed E-state index contributed by atoms with van der Waals surface area (Å²) < 4.78 is 29.2. The third-order valence-electron chi connectivity index (χ3n) is 4.76. The van der Waals surface area contributed by atoms with Crippen molar-refractivity contribution < 1.29 is 17.9 Å². The Morgan fingerprint density at radius 3 is 2.79 bits per heavy atom. The zero-order valence-corrected chi connectivity index (χ0v) is 18.9. The Hall–Kier alpha value is -3.70. The van der Waals surface area contributed by atoms with Gasteiger partial charge in [0, 0.05) is 35.0 Å². The summed E-state index contributed by atoms with van der Waals surface area (Å²) in [6.45, 7) is 0.284. The average molecular weight is 487 g/mol. The number of hydrogen-bond donors (Lipinski definition) is 3. The van der Waals surface area contributed by atoms with Crippen LogP contribution in [0.5, 0.6) is 5.75 Å². The van der Waals surface area contributed by atoms with E-state index in [1.165, 1.54) is 18.2 Å². The van der Waals surface area contributed by atoms with Crippen LogP contribution in [0.15, 0.2) is 53.4 Å².